The minimum atomic E-state index is -2.11. The lowest BCUT2D eigenvalue weighted by Gasteiger charge is -2.50. The minimum Gasteiger partial charge on any atom is -0.394 e. The second kappa shape index (κ2) is 25.9. The molecule has 25 atom stereocenters. The van der Waals surface area contributed by atoms with Crippen LogP contribution in [0.25, 0.3) is 0 Å². The molecular formula is C39H67N3O27. The maximum absolute atomic E-state index is 12.5. The van der Waals surface area contributed by atoms with E-state index in [1.54, 1.807) is 0 Å². The molecule has 30 heteroatoms. The van der Waals surface area contributed by atoms with Crippen LogP contribution < -0.4 is 16.0 Å². The number of amides is 3. The standard InChI is InChI=1S/C39H67N3O27/c1-12(48)42-21-26(55)32(66-38-31(60)35(25(54)16(9-45)63-38)69-37-29(58)27(56)23(52)14(7-43)62-37)18(11-47)65-36(21)68-34-24(53)15(8-44)64-39(30(34)59)67-33-17(10-46)61-13(22(51)28(33)57)4-3-5-19(49)41-6-20(50)40-2/h13-18,21-39,43-47,51-60H,3-11H2,1-2H3,(H,40,50)(H,41,49)(H,42,48)/t13-,14-,15?,16-,17-,18?,21?,22?,23-,24+,25-,26-,27?,28?,29?,30?,31?,32+,33-,34+,35?,36+,37-,38-,39+/m1/s1. The number of nitrogens with one attached hydrogen (secondary N) is 3. The summed E-state index contributed by atoms with van der Waals surface area (Å²) in [7, 11) is 1.39. The third kappa shape index (κ3) is 13.4. The number of carbonyl (C=O) groups excluding carboxylic acids is 3. The lowest BCUT2D eigenvalue weighted by molar-refractivity contribution is -0.385. The van der Waals surface area contributed by atoms with Crippen molar-refractivity contribution in [2.45, 2.75) is 179 Å². The van der Waals surface area contributed by atoms with E-state index < -0.39 is 204 Å². The quantitative estimate of drug-likeness (QED) is 0.0538. The van der Waals surface area contributed by atoms with E-state index in [4.69, 9.17) is 42.6 Å². The fourth-order valence-electron chi connectivity index (χ4n) is 8.58. The summed E-state index contributed by atoms with van der Waals surface area (Å²) in [6.45, 7) is -3.83. The molecule has 0 bridgehead atoms. The van der Waals surface area contributed by atoms with E-state index in [2.05, 4.69) is 16.0 Å². The van der Waals surface area contributed by atoms with Crippen LogP contribution in [-0.2, 0) is 57.0 Å². The molecule has 0 aromatic heterocycles. The Morgan fingerprint density at radius 1 is 0.449 bits per heavy atom. The van der Waals surface area contributed by atoms with Gasteiger partial charge < -0.3 is 135 Å². The Bertz CT molecular complexity index is 1620. The van der Waals surface area contributed by atoms with E-state index in [0.717, 1.165) is 6.92 Å². The molecule has 69 heavy (non-hydrogen) atoms. The Balaban J connectivity index is 1.29. The van der Waals surface area contributed by atoms with Crippen LogP contribution in [0.1, 0.15) is 26.2 Å². The average Bonchev–Trinajstić information content (AvgIpc) is 3.33. The summed E-state index contributed by atoms with van der Waals surface area (Å²) in [4.78, 5) is 36.1. The van der Waals surface area contributed by atoms with Crippen molar-refractivity contribution >= 4 is 17.7 Å². The Morgan fingerprint density at radius 3 is 1.36 bits per heavy atom. The first kappa shape index (κ1) is 57.4. The number of aliphatic hydroxyl groups is 15. The van der Waals surface area contributed by atoms with Crippen molar-refractivity contribution in [3.63, 3.8) is 0 Å². The molecule has 0 saturated carbocycles. The number of carbonyl (C=O) groups is 3. The van der Waals surface area contributed by atoms with Crippen LogP contribution in [0.2, 0.25) is 0 Å². The van der Waals surface area contributed by atoms with Crippen molar-refractivity contribution in [3.05, 3.63) is 0 Å². The fraction of sp³-hybridized carbons (Fsp3) is 0.923. The maximum Gasteiger partial charge on any atom is 0.239 e. The second-order valence-electron chi connectivity index (χ2n) is 17.2. The Morgan fingerprint density at radius 2 is 0.870 bits per heavy atom. The number of likely N-dealkylation sites (N-methyl/N-ethyl adjacent to an activating group) is 1. The van der Waals surface area contributed by atoms with E-state index in [-0.39, 0.29) is 25.8 Å². The zero-order chi connectivity index (χ0) is 51.0. The Kier molecular flexibility index (Phi) is 21.5. The molecule has 18 N–H and O–H groups in total. The molecule has 3 amide bonds. The smallest absolute Gasteiger partial charge is 0.239 e. The molecule has 0 aromatic rings. The zero-order valence-electron chi connectivity index (χ0n) is 37.4. The second-order valence-corrected chi connectivity index (χ2v) is 17.2. The molecule has 30 nitrogen and oxygen atoms in total. The van der Waals surface area contributed by atoms with Gasteiger partial charge in [-0.05, 0) is 12.8 Å². The molecule has 5 saturated heterocycles. The van der Waals surface area contributed by atoms with Crippen molar-refractivity contribution in [2.75, 3.05) is 46.6 Å². The van der Waals surface area contributed by atoms with Gasteiger partial charge in [-0.2, -0.15) is 0 Å². The van der Waals surface area contributed by atoms with Crippen molar-refractivity contribution in [2.24, 2.45) is 0 Å². The highest BCUT2D eigenvalue weighted by Gasteiger charge is 2.57. The highest BCUT2D eigenvalue weighted by Crippen LogP contribution is 2.36. The van der Waals surface area contributed by atoms with Gasteiger partial charge in [0.2, 0.25) is 17.7 Å². The molecule has 5 fully saturated rings. The number of rotatable bonds is 20. The van der Waals surface area contributed by atoms with Gasteiger partial charge in [-0.25, -0.2) is 0 Å². The first-order chi connectivity index (χ1) is 32.7. The summed E-state index contributed by atoms with van der Waals surface area (Å²) in [6, 6.07) is -1.74. The first-order valence-electron chi connectivity index (χ1n) is 22.2. The fourth-order valence-corrected chi connectivity index (χ4v) is 8.58. The predicted molar refractivity (Wildman–Crippen MR) is 217 cm³/mol. The zero-order valence-corrected chi connectivity index (χ0v) is 37.4. The number of ether oxygens (including phenoxy) is 9. The monoisotopic (exact) mass is 1010 g/mol. The summed E-state index contributed by atoms with van der Waals surface area (Å²) in [5.41, 5.74) is 0. The van der Waals surface area contributed by atoms with Crippen LogP contribution in [0.5, 0.6) is 0 Å². The van der Waals surface area contributed by atoms with E-state index in [9.17, 15) is 91.0 Å². The SMILES string of the molecule is CNC(=O)CNC(=O)CCC[C@H]1O[C@H](CO)[C@@H](O[C@@H]2OC(CO)[C@H](O)[C@H](O[C@@H]3OC(CO)[C@H](O[C@H]4O[C@H](CO)[C@@H](O)C(O[C@H]5O[C@H](CO)[C@@H](O)C(O)C5O)C4O)[C@H](O)C3NC(C)=O)C2O)C(O)C1O. The lowest BCUT2D eigenvalue weighted by Crippen LogP contribution is -2.70. The topological polar surface area (TPSA) is 474 Å². The molecule has 10 unspecified atom stereocenters. The number of aliphatic hydroxyl groups excluding tert-OH is 15. The van der Waals surface area contributed by atoms with E-state index in [1.807, 2.05) is 0 Å². The van der Waals surface area contributed by atoms with Gasteiger partial charge in [-0.3, -0.25) is 14.4 Å². The molecular weight excluding hydrogens is 942 g/mol. The van der Waals surface area contributed by atoms with Gasteiger partial charge in [0.15, 0.2) is 25.2 Å². The van der Waals surface area contributed by atoms with Gasteiger partial charge >= 0.3 is 0 Å². The number of hydrogen-bond acceptors (Lipinski definition) is 27. The van der Waals surface area contributed by atoms with E-state index >= 15 is 0 Å². The van der Waals surface area contributed by atoms with Gasteiger partial charge in [0.1, 0.15) is 122 Å². The van der Waals surface area contributed by atoms with Crippen LogP contribution in [0.4, 0.5) is 0 Å². The largest absolute Gasteiger partial charge is 0.394 e. The summed E-state index contributed by atoms with van der Waals surface area (Å²) in [5.74, 6) is -1.73. The van der Waals surface area contributed by atoms with Gasteiger partial charge in [0, 0.05) is 20.4 Å². The third-order valence-corrected chi connectivity index (χ3v) is 12.5. The molecule has 400 valence electrons. The van der Waals surface area contributed by atoms with Gasteiger partial charge in [-0.1, -0.05) is 0 Å². The highest BCUT2D eigenvalue weighted by molar-refractivity contribution is 5.84. The van der Waals surface area contributed by atoms with Gasteiger partial charge in [-0.15, -0.1) is 0 Å². The molecule has 0 aliphatic carbocycles. The normalized spacial score (nSPS) is 45.1. The third-order valence-electron chi connectivity index (χ3n) is 12.5. The van der Waals surface area contributed by atoms with Crippen molar-refractivity contribution < 1.29 is 134 Å². The van der Waals surface area contributed by atoms with Crippen LogP contribution in [0, 0.1) is 0 Å². The van der Waals surface area contributed by atoms with E-state index in [0.29, 0.717) is 0 Å². The molecule has 5 aliphatic rings. The molecule has 0 aromatic carbocycles. The lowest BCUT2D eigenvalue weighted by atomic mass is 9.91. The van der Waals surface area contributed by atoms with Crippen LogP contribution in [-0.4, -0.2) is 294 Å². The van der Waals surface area contributed by atoms with Crippen LogP contribution >= 0.6 is 0 Å². The molecule has 5 aliphatic heterocycles. The molecule has 5 rings (SSSR count). The summed E-state index contributed by atoms with van der Waals surface area (Å²) < 4.78 is 51.4. The molecule has 0 spiro atoms. The summed E-state index contributed by atoms with van der Waals surface area (Å²) >= 11 is 0. The number of hydrogen-bond donors (Lipinski definition) is 18. The highest BCUT2D eigenvalue weighted by atomic mass is 16.8. The minimum absolute atomic E-state index is 0.00341. The Hall–Kier alpha value is -2.55. The van der Waals surface area contributed by atoms with Gasteiger partial charge in [0.05, 0.1) is 45.7 Å². The van der Waals surface area contributed by atoms with Crippen molar-refractivity contribution in [1.82, 2.24) is 16.0 Å². The van der Waals surface area contributed by atoms with Crippen LogP contribution in [0.3, 0.4) is 0 Å². The molecule has 0 radical (unpaired) electrons. The van der Waals surface area contributed by atoms with Crippen molar-refractivity contribution in [1.29, 1.82) is 0 Å². The summed E-state index contributed by atoms with van der Waals surface area (Å²) in [6.07, 6.45) is -43.3. The summed E-state index contributed by atoms with van der Waals surface area (Å²) in [5, 5.41) is 168. The molecule has 5 heterocycles. The van der Waals surface area contributed by atoms with Gasteiger partial charge in [0.25, 0.3) is 0 Å². The first-order valence-corrected chi connectivity index (χ1v) is 22.2. The Labute approximate surface area is 393 Å². The predicted octanol–water partition coefficient (Wildman–Crippen LogP) is -11.7. The van der Waals surface area contributed by atoms with E-state index in [1.165, 1.54) is 7.05 Å². The average molecular weight is 1010 g/mol. The van der Waals surface area contributed by atoms with Crippen LogP contribution in [0.15, 0.2) is 0 Å². The van der Waals surface area contributed by atoms with Crippen molar-refractivity contribution in [3.8, 4) is 0 Å². The maximum atomic E-state index is 12.5.